The van der Waals surface area contributed by atoms with E-state index >= 15 is 0 Å². The Labute approximate surface area is 99.2 Å². The van der Waals surface area contributed by atoms with Crippen LogP contribution in [-0.4, -0.2) is 30.2 Å². The summed E-state index contributed by atoms with van der Waals surface area (Å²) in [6.45, 7) is 8.58. The molecule has 0 N–H and O–H groups in total. The van der Waals surface area contributed by atoms with Crippen LogP contribution in [-0.2, 0) is 9.59 Å². The molecule has 16 heavy (non-hydrogen) atoms. The minimum atomic E-state index is 0.108. The van der Waals surface area contributed by atoms with Crippen molar-refractivity contribution in [3.63, 3.8) is 0 Å². The van der Waals surface area contributed by atoms with Gasteiger partial charge in [0.15, 0.2) is 0 Å². The molecule has 0 bridgehead atoms. The van der Waals surface area contributed by atoms with Crippen LogP contribution in [0, 0.1) is 11.8 Å². The SMILES string of the molecule is CC(C)CC(=O)N(C)CCCC(=O)C(C)C. The van der Waals surface area contributed by atoms with Crippen molar-refractivity contribution in [3.8, 4) is 0 Å². The average Bonchev–Trinajstić information content (AvgIpc) is 2.15. The topological polar surface area (TPSA) is 37.4 Å². The van der Waals surface area contributed by atoms with Crippen molar-refractivity contribution < 1.29 is 9.59 Å². The third-order valence-corrected chi connectivity index (χ3v) is 2.57. The molecule has 0 aromatic rings. The zero-order chi connectivity index (χ0) is 12.7. The highest BCUT2D eigenvalue weighted by atomic mass is 16.2. The highest BCUT2D eigenvalue weighted by Gasteiger charge is 2.12. The van der Waals surface area contributed by atoms with Crippen LogP contribution in [0.5, 0.6) is 0 Å². The summed E-state index contributed by atoms with van der Waals surface area (Å²) in [5.74, 6) is 0.959. The number of nitrogens with zero attached hydrogens (tertiary/aromatic N) is 1. The number of amides is 1. The van der Waals surface area contributed by atoms with E-state index in [4.69, 9.17) is 0 Å². The normalized spacial score (nSPS) is 10.9. The van der Waals surface area contributed by atoms with E-state index in [1.165, 1.54) is 0 Å². The molecule has 0 aliphatic rings. The first-order valence-corrected chi connectivity index (χ1v) is 6.11. The lowest BCUT2D eigenvalue weighted by Gasteiger charge is -2.18. The second kappa shape index (κ2) is 7.42. The Balaban J connectivity index is 3.77. The standard InChI is InChI=1S/C13H25NO2/c1-10(2)9-13(16)14(5)8-6-7-12(15)11(3)4/h10-11H,6-9H2,1-5H3. The van der Waals surface area contributed by atoms with Gasteiger partial charge in [0, 0.05) is 32.4 Å². The summed E-state index contributed by atoms with van der Waals surface area (Å²) in [4.78, 5) is 24.7. The van der Waals surface area contributed by atoms with Crippen LogP contribution in [0.2, 0.25) is 0 Å². The summed E-state index contributed by atoms with van der Waals surface area (Å²) >= 11 is 0. The molecule has 0 aliphatic carbocycles. The molecule has 0 saturated carbocycles. The van der Waals surface area contributed by atoms with Gasteiger partial charge >= 0.3 is 0 Å². The monoisotopic (exact) mass is 227 g/mol. The molecule has 0 rings (SSSR count). The second-order valence-electron chi connectivity index (χ2n) is 5.14. The molecule has 0 heterocycles. The fourth-order valence-electron chi connectivity index (χ4n) is 1.41. The van der Waals surface area contributed by atoms with Gasteiger partial charge in [-0.2, -0.15) is 0 Å². The van der Waals surface area contributed by atoms with Crippen LogP contribution in [0.1, 0.15) is 47.0 Å². The predicted molar refractivity (Wildman–Crippen MR) is 66.2 cm³/mol. The first-order chi connectivity index (χ1) is 7.34. The van der Waals surface area contributed by atoms with Crippen molar-refractivity contribution in [1.29, 1.82) is 0 Å². The van der Waals surface area contributed by atoms with Gasteiger partial charge < -0.3 is 4.90 Å². The summed E-state index contributed by atoms with van der Waals surface area (Å²) < 4.78 is 0. The van der Waals surface area contributed by atoms with E-state index in [2.05, 4.69) is 0 Å². The van der Waals surface area contributed by atoms with Crippen LogP contribution in [0.25, 0.3) is 0 Å². The highest BCUT2D eigenvalue weighted by Crippen LogP contribution is 2.06. The molecular weight excluding hydrogens is 202 g/mol. The Bertz CT molecular complexity index is 234. The van der Waals surface area contributed by atoms with Gasteiger partial charge in [-0.3, -0.25) is 9.59 Å². The summed E-state index contributed by atoms with van der Waals surface area (Å²) in [6, 6.07) is 0. The number of hydrogen-bond acceptors (Lipinski definition) is 2. The molecule has 0 unspecified atom stereocenters. The fraction of sp³-hybridized carbons (Fsp3) is 0.846. The lowest BCUT2D eigenvalue weighted by Crippen LogP contribution is -2.29. The van der Waals surface area contributed by atoms with Gasteiger partial charge in [0.2, 0.25) is 5.91 Å². The Morgan fingerprint density at radius 2 is 1.69 bits per heavy atom. The number of ketones is 1. The summed E-state index contributed by atoms with van der Waals surface area (Å²) in [5.41, 5.74) is 0. The van der Waals surface area contributed by atoms with Gasteiger partial charge in [-0.15, -0.1) is 0 Å². The summed E-state index contributed by atoms with van der Waals surface area (Å²) in [7, 11) is 1.81. The van der Waals surface area contributed by atoms with E-state index in [0.717, 1.165) is 6.42 Å². The van der Waals surface area contributed by atoms with Crippen molar-refractivity contribution in [1.82, 2.24) is 4.90 Å². The summed E-state index contributed by atoms with van der Waals surface area (Å²) in [5, 5.41) is 0. The molecule has 94 valence electrons. The number of carbonyl (C=O) groups is 2. The average molecular weight is 227 g/mol. The Hall–Kier alpha value is -0.860. The third kappa shape index (κ3) is 6.59. The van der Waals surface area contributed by atoms with Crippen molar-refractivity contribution in [2.24, 2.45) is 11.8 Å². The molecule has 1 amide bonds. The molecule has 0 saturated heterocycles. The van der Waals surface area contributed by atoms with E-state index < -0.39 is 0 Å². The van der Waals surface area contributed by atoms with E-state index in [0.29, 0.717) is 25.3 Å². The van der Waals surface area contributed by atoms with E-state index in [1.54, 1.807) is 4.90 Å². The summed E-state index contributed by atoms with van der Waals surface area (Å²) in [6.07, 6.45) is 1.95. The van der Waals surface area contributed by atoms with Crippen LogP contribution in [0.15, 0.2) is 0 Å². The Kier molecular flexibility index (Phi) is 7.02. The molecule has 0 aromatic heterocycles. The van der Waals surface area contributed by atoms with Gasteiger partial charge in [-0.05, 0) is 12.3 Å². The van der Waals surface area contributed by atoms with Crippen LogP contribution >= 0.6 is 0 Å². The molecule has 3 heteroatoms. The van der Waals surface area contributed by atoms with Crippen molar-refractivity contribution >= 4 is 11.7 Å². The van der Waals surface area contributed by atoms with Gasteiger partial charge in [0.05, 0.1) is 0 Å². The molecule has 0 spiro atoms. The van der Waals surface area contributed by atoms with Gasteiger partial charge in [-0.25, -0.2) is 0 Å². The molecule has 3 nitrogen and oxygen atoms in total. The third-order valence-electron chi connectivity index (χ3n) is 2.57. The van der Waals surface area contributed by atoms with Crippen molar-refractivity contribution in [2.45, 2.75) is 47.0 Å². The van der Waals surface area contributed by atoms with Crippen LogP contribution < -0.4 is 0 Å². The number of hydrogen-bond donors (Lipinski definition) is 0. The number of Topliss-reactive ketones (excluding diaryl/α,β-unsaturated/α-hetero) is 1. The van der Waals surface area contributed by atoms with Gasteiger partial charge in [0.1, 0.15) is 5.78 Å². The maximum absolute atomic E-state index is 11.6. The molecular formula is C13H25NO2. The second-order valence-corrected chi connectivity index (χ2v) is 5.14. The predicted octanol–water partition coefficient (Wildman–Crippen LogP) is 2.50. The van der Waals surface area contributed by atoms with Crippen LogP contribution in [0.4, 0.5) is 0 Å². The zero-order valence-corrected chi connectivity index (χ0v) is 11.2. The molecule has 0 atom stereocenters. The quantitative estimate of drug-likeness (QED) is 0.670. The first kappa shape index (κ1) is 15.1. The maximum Gasteiger partial charge on any atom is 0.222 e. The highest BCUT2D eigenvalue weighted by molar-refractivity contribution is 5.80. The Morgan fingerprint density at radius 1 is 1.12 bits per heavy atom. The zero-order valence-electron chi connectivity index (χ0n) is 11.2. The van der Waals surface area contributed by atoms with Gasteiger partial charge in [0.25, 0.3) is 0 Å². The van der Waals surface area contributed by atoms with E-state index in [1.807, 2.05) is 34.7 Å². The lowest BCUT2D eigenvalue weighted by molar-refractivity contribution is -0.131. The van der Waals surface area contributed by atoms with E-state index in [-0.39, 0.29) is 17.6 Å². The minimum absolute atomic E-state index is 0.108. The largest absolute Gasteiger partial charge is 0.346 e. The Morgan fingerprint density at radius 3 is 2.12 bits per heavy atom. The first-order valence-electron chi connectivity index (χ1n) is 6.11. The smallest absolute Gasteiger partial charge is 0.222 e. The molecule has 0 fully saturated rings. The minimum Gasteiger partial charge on any atom is -0.346 e. The van der Waals surface area contributed by atoms with E-state index in [9.17, 15) is 9.59 Å². The van der Waals surface area contributed by atoms with Crippen molar-refractivity contribution in [3.05, 3.63) is 0 Å². The molecule has 0 radical (unpaired) electrons. The number of carbonyl (C=O) groups excluding carboxylic acids is 2. The number of rotatable bonds is 7. The fourth-order valence-corrected chi connectivity index (χ4v) is 1.41. The molecule has 0 aliphatic heterocycles. The van der Waals surface area contributed by atoms with Crippen molar-refractivity contribution in [2.75, 3.05) is 13.6 Å². The lowest BCUT2D eigenvalue weighted by atomic mass is 10.0. The maximum atomic E-state index is 11.6. The molecule has 0 aromatic carbocycles. The van der Waals surface area contributed by atoms with Crippen LogP contribution in [0.3, 0.4) is 0 Å². The van der Waals surface area contributed by atoms with Gasteiger partial charge in [-0.1, -0.05) is 27.7 Å².